The van der Waals surface area contributed by atoms with Gasteiger partial charge in [-0.25, -0.2) is 4.39 Å². The van der Waals surface area contributed by atoms with Crippen LogP contribution >= 0.6 is 23.2 Å². The van der Waals surface area contributed by atoms with E-state index in [4.69, 9.17) is 27.9 Å². The molecule has 0 heterocycles. The quantitative estimate of drug-likeness (QED) is 0.558. The third-order valence-corrected chi connectivity index (χ3v) is 3.78. The van der Waals surface area contributed by atoms with Gasteiger partial charge in [0.15, 0.2) is 12.4 Å². The molecule has 136 valence electrons. The van der Waals surface area contributed by atoms with Crippen LogP contribution in [0.4, 0.5) is 10.1 Å². The fourth-order valence-electron chi connectivity index (χ4n) is 1.99. The molecule has 2 aromatic carbocycles. The van der Waals surface area contributed by atoms with Crippen LogP contribution in [0.5, 0.6) is 0 Å². The Morgan fingerprint density at radius 2 is 1.62 bits per heavy atom. The lowest BCUT2D eigenvalue weighted by Gasteiger charge is -2.08. The summed E-state index contributed by atoms with van der Waals surface area (Å²) in [6.45, 7) is -0.597. The van der Waals surface area contributed by atoms with E-state index in [0.717, 1.165) is 6.07 Å². The largest absolute Gasteiger partial charge is 0.456 e. The molecule has 0 spiro atoms. The number of amides is 1. The van der Waals surface area contributed by atoms with Gasteiger partial charge >= 0.3 is 5.97 Å². The maximum atomic E-state index is 13.5. The van der Waals surface area contributed by atoms with E-state index in [1.807, 2.05) is 0 Å². The Kier molecular flexibility index (Phi) is 7.12. The Morgan fingerprint density at radius 1 is 0.962 bits per heavy atom. The molecule has 0 saturated heterocycles. The smallest absolute Gasteiger partial charge is 0.306 e. The van der Waals surface area contributed by atoms with Crippen molar-refractivity contribution < 1.29 is 23.5 Å². The molecule has 1 amide bonds. The van der Waals surface area contributed by atoms with Gasteiger partial charge in [-0.15, -0.1) is 0 Å². The molecule has 0 unspecified atom stereocenters. The zero-order valence-electron chi connectivity index (χ0n) is 13.4. The summed E-state index contributed by atoms with van der Waals surface area (Å²) in [5, 5.41) is 3.00. The number of rotatable bonds is 7. The third kappa shape index (κ3) is 6.13. The number of hydrogen-bond donors (Lipinski definition) is 1. The molecule has 0 bridgehead atoms. The highest BCUT2D eigenvalue weighted by Crippen LogP contribution is 2.19. The maximum Gasteiger partial charge on any atom is 0.306 e. The minimum absolute atomic E-state index is 0.0645. The average Bonchev–Trinajstić information content (AvgIpc) is 2.61. The molecule has 0 aliphatic rings. The standard InChI is InChI=1S/C18H14Cl2FNO4/c19-12-3-1-11(2-4-12)16(23)7-8-18(25)26-10-17(24)22-15-9-13(20)5-6-14(15)21/h1-6,9H,7-8,10H2,(H,22,24). The van der Waals surface area contributed by atoms with Crippen LogP contribution in [0.15, 0.2) is 42.5 Å². The van der Waals surface area contributed by atoms with Gasteiger partial charge in [-0.3, -0.25) is 14.4 Å². The number of benzene rings is 2. The van der Waals surface area contributed by atoms with Crippen LogP contribution in [0.3, 0.4) is 0 Å². The first-order chi connectivity index (χ1) is 12.3. The second-order valence-electron chi connectivity index (χ2n) is 5.26. The molecular weight excluding hydrogens is 384 g/mol. The first kappa shape index (κ1) is 19.9. The Labute approximate surface area is 159 Å². The second kappa shape index (κ2) is 9.31. The van der Waals surface area contributed by atoms with Gasteiger partial charge in [0.1, 0.15) is 5.82 Å². The van der Waals surface area contributed by atoms with Crippen LogP contribution < -0.4 is 5.32 Å². The van der Waals surface area contributed by atoms with Crippen LogP contribution in [0, 0.1) is 5.82 Å². The van der Waals surface area contributed by atoms with Crippen molar-refractivity contribution in [1.82, 2.24) is 0 Å². The van der Waals surface area contributed by atoms with Gasteiger partial charge in [0.05, 0.1) is 12.1 Å². The van der Waals surface area contributed by atoms with Crippen molar-refractivity contribution in [1.29, 1.82) is 0 Å². The summed E-state index contributed by atoms with van der Waals surface area (Å²) in [5.74, 6) is -2.34. The van der Waals surface area contributed by atoms with E-state index < -0.39 is 24.3 Å². The van der Waals surface area contributed by atoms with E-state index in [2.05, 4.69) is 5.32 Å². The van der Waals surface area contributed by atoms with Crippen molar-refractivity contribution in [2.75, 3.05) is 11.9 Å². The molecular formula is C18H14Cl2FNO4. The number of Topliss-reactive ketones (excluding diaryl/α,β-unsaturated/α-hetero) is 1. The highest BCUT2D eigenvalue weighted by atomic mass is 35.5. The van der Waals surface area contributed by atoms with Crippen LogP contribution in [-0.2, 0) is 14.3 Å². The summed E-state index contributed by atoms with van der Waals surface area (Å²) in [4.78, 5) is 35.3. The molecule has 0 atom stereocenters. The molecule has 1 N–H and O–H groups in total. The van der Waals surface area contributed by atoms with E-state index in [1.54, 1.807) is 24.3 Å². The molecule has 5 nitrogen and oxygen atoms in total. The van der Waals surface area contributed by atoms with Crippen molar-refractivity contribution in [2.24, 2.45) is 0 Å². The normalized spacial score (nSPS) is 10.3. The predicted octanol–water partition coefficient (Wildman–Crippen LogP) is 4.28. The number of ketones is 1. The Hall–Kier alpha value is -2.44. The molecule has 8 heteroatoms. The number of carbonyl (C=O) groups is 3. The number of hydrogen-bond acceptors (Lipinski definition) is 4. The van der Waals surface area contributed by atoms with Gasteiger partial charge in [-0.2, -0.15) is 0 Å². The summed E-state index contributed by atoms with van der Waals surface area (Å²) >= 11 is 11.5. The summed E-state index contributed by atoms with van der Waals surface area (Å²) < 4.78 is 18.3. The van der Waals surface area contributed by atoms with Crippen molar-refractivity contribution in [2.45, 2.75) is 12.8 Å². The van der Waals surface area contributed by atoms with Gasteiger partial charge in [0.25, 0.3) is 5.91 Å². The summed E-state index contributed by atoms with van der Waals surface area (Å²) in [5.41, 5.74) is 0.313. The van der Waals surface area contributed by atoms with E-state index in [-0.39, 0.29) is 29.3 Å². The van der Waals surface area contributed by atoms with Crippen molar-refractivity contribution >= 4 is 46.5 Å². The van der Waals surface area contributed by atoms with Gasteiger partial charge < -0.3 is 10.1 Å². The molecule has 0 aliphatic carbocycles. The molecule has 0 aromatic heterocycles. The van der Waals surface area contributed by atoms with Gasteiger partial charge in [0.2, 0.25) is 0 Å². The molecule has 0 radical (unpaired) electrons. The molecule has 26 heavy (non-hydrogen) atoms. The fourth-order valence-corrected chi connectivity index (χ4v) is 2.29. The number of ether oxygens (including phenoxy) is 1. The molecule has 0 saturated carbocycles. The number of halogens is 3. The lowest BCUT2D eigenvalue weighted by atomic mass is 10.1. The third-order valence-electron chi connectivity index (χ3n) is 3.29. The highest BCUT2D eigenvalue weighted by Gasteiger charge is 2.13. The fraction of sp³-hybridized carbons (Fsp3) is 0.167. The molecule has 0 aliphatic heterocycles. The van der Waals surface area contributed by atoms with Crippen LogP contribution in [0.2, 0.25) is 10.0 Å². The maximum absolute atomic E-state index is 13.5. The monoisotopic (exact) mass is 397 g/mol. The summed E-state index contributed by atoms with van der Waals surface area (Å²) in [6.07, 6.45) is -0.245. The van der Waals surface area contributed by atoms with Gasteiger partial charge in [-0.05, 0) is 42.5 Å². The highest BCUT2D eigenvalue weighted by molar-refractivity contribution is 6.31. The molecule has 0 fully saturated rings. The van der Waals surface area contributed by atoms with E-state index in [9.17, 15) is 18.8 Å². The first-order valence-electron chi connectivity index (χ1n) is 7.54. The summed E-state index contributed by atoms with van der Waals surface area (Å²) in [7, 11) is 0. The van der Waals surface area contributed by atoms with E-state index in [1.165, 1.54) is 12.1 Å². The first-order valence-corrected chi connectivity index (χ1v) is 8.30. The summed E-state index contributed by atoms with van der Waals surface area (Å²) in [6, 6.07) is 9.95. The Bertz CT molecular complexity index is 824. The number of anilines is 1. The van der Waals surface area contributed by atoms with Crippen LogP contribution in [-0.4, -0.2) is 24.3 Å². The topological polar surface area (TPSA) is 72.5 Å². The zero-order chi connectivity index (χ0) is 19.1. The number of nitrogens with one attached hydrogen (secondary N) is 1. The van der Waals surface area contributed by atoms with E-state index in [0.29, 0.717) is 10.6 Å². The number of carbonyl (C=O) groups excluding carboxylic acids is 3. The molecule has 2 rings (SSSR count). The van der Waals surface area contributed by atoms with Crippen LogP contribution in [0.25, 0.3) is 0 Å². The Morgan fingerprint density at radius 3 is 2.31 bits per heavy atom. The average molecular weight is 398 g/mol. The van der Waals surface area contributed by atoms with Gasteiger partial charge in [0, 0.05) is 22.0 Å². The van der Waals surface area contributed by atoms with Crippen molar-refractivity contribution in [3.8, 4) is 0 Å². The lowest BCUT2D eigenvalue weighted by Crippen LogP contribution is -2.21. The Balaban J connectivity index is 1.75. The molecule has 2 aromatic rings. The predicted molar refractivity (Wildman–Crippen MR) is 96.0 cm³/mol. The second-order valence-corrected chi connectivity index (χ2v) is 6.14. The van der Waals surface area contributed by atoms with Crippen LogP contribution in [0.1, 0.15) is 23.2 Å². The number of esters is 1. The van der Waals surface area contributed by atoms with E-state index >= 15 is 0 Å². The van der Waals surface area contributed by atoms with Crippen molar-refractivity contribution in [3.05, 3.63) is 63.9 Å². The SMILES string of the molecule is O=C(COC(=O)CCC(=O)c1ccc(Cl)cc1)Nc1cc(Cl)ccc1F. The van der Waals surface area contributed by atoms with Gasteiger partial charge in [-0.1, -0.05) is 23.2 Å². The minimum atomic E-state index is -0.719. The zero-order valence-corrected chi connectivity index (χ0v) is 14.9. The minimum Gasteiger partial charge on any atom is -0.456 e. The van der Waals surface area contributed by atoms with Crippen molar-refractivity contribution in [3.63, 3.8) is 0 Å². The lowest BCUT2D eigenvalue weighted by molar-refractivity contribution is -0.147.